The number of alkyl halides is 3. The van der Waals surface area contributed by atoms with Crippen LogP contribution in [0.5, 0.6) is 11.5 Å². The summed E-state index contributed by atoms with van der Waals surface area (Å²) >= 11 is 0. The number of carboxylic acids is 1. The van der Waals surface area contributed by atoms with Crippen LogP contribution in [0.2, 0.25) is 0 Å². The zero-order valence-electron chi connectivity index (χ0n) is 17.4. The van der Waals surface area contributed by atoms with Gasteiger partial charge in [0.1, 0.15) is 10.6 Å². The van der Waals surface area contributed by atoms with Gasteiger partial charge in [-0.3, -0.25) is 0 Å². The van der Waals surface area contributed by atoms with E-state index in [1.807, 2.05) is 6.92 Å². The number of hydrogen-bond donors (Lipinski definition) is 2. The monoisotopic (exact) mass is 474 g/mol. The van der Waals surface area contributed by atoms with Gasteiger partial charge in [-0.05, 0) is 37.1 Å². The summed E-state index contributed by atoms with van der Waals surface area (Å²) in [5.74, 6) is -1.38. The maximum atomic E-state index is 12.7. The maximum Gasteiger partial charge on any atom is 0.389 e. The quantitative estimate of drug-likeness (QED) is 0.485. The Morgan fingerprint density at radius 3 is 2.28 bits per heavy atom. The second-order valence-electron chi connectivity index (χ2n) is 7.15. The van der Waals surface area contributed by atoms with Crippen LogP contribution in [0.1, 0.15) is 43.0 Å². The third kappa shape index (κ3) is 7.41. The molecule has 0 aliphatic rings. The summed E-state index contributed by atoms with van der Waals surface area (Å²) in [5, 5.41) is 14.8. The Bertz CT molecular complexity index is 1030. The summed E-state index contributed by atoms with van der Waals surface area (Å²) in [6.45, 7) is 2.07. The molecule has 0 unspecified atom stereocenters. The molecule has 2 aromatic rings. The number of unbranched alkanes of at least 4 members (excludes halogenated alkanes) is 1. The van der Waals surface area contributed by atoms with Crippen LogP contribution in [0.25, 0.3) is 0 Å². The third-order valence-electron chi connectivity index (χ3n) is 4.56. The number of nitrogens with two attached hydrogens (primary N) is 1. The van der Waals surface area contributed by atoms with Gasteiger partial charge in [0, 0.05) is 19.5 Å². The molecule has 0 fully saturated rings. The molecule has 0 bridgehead atoms. The van der Waals surface area contributed by atoms with Gasteiger partial charge in [0.25, 0.3) is 0 Å². The second-order valence-corrected chi connectivity index (χ2v) is 8.68. The number of hydrogen-bond acceptors (Lipinski definition) is 5. The molecule has 0 amide bonds. The number of anilines is 1. The summed E-state index contributed by atoms with van der Waals surface area (Å²) < 4.78 is 68.5. The number of benzene rings is 2. The zero-order chi connectivity index (χ0) is 23.9. The smallest absolute Gasteiger partial charge is 0.389 e. The molecule has 176 valence electrons. The number of carboxylic acid groups (broad SMARTS) is 1. The van der Waals surface area contributed by atoms with Crippen molar-refractivity contribution in [2.75, 3.05) is 18.0 Å². The van der Waals surface area contributed by atoms with E-state index in [2.05, 4.69) is 0 Å². The molecule has 2 aromatic carbocycles. The van der Waals surface area contributed by atoms with Crippen molar-refractivity contribution in [3.05, 3.63) is 48.0 Å². The first-order chi connectivity index (χ1) is 14.9. The fourth-order valence-electron chi connectivity index (χ4n) is 3.04. The summed E-state index contributed by atoms with van der Waals surface area (Å²) in [5.41, 5.74) is -0.324. The maximum absolute atomic E-state index is 12.7. The van der Waals surface area contributed by atoms with Crippen molar-refractivity contribution in [1.29, 1.82) is 0 Å². The highest BCUT2D eigenvalue weighted by Crippen LogP contribution is 2.40. The van der Waals surface area contributed by atoms with Crippen molar-refractivity contribution in [3.63, 3.8) is 0 Å². The highest BCUT2D eigenvalue weighted by atomic mass is 32.2. The first kappa shape index (κ1) is 25.5. The molecule has 0 spiro atoms. The Kier molecular flexibility index (Phi) is 8.51. The number of para-hydroxylation sites is 1. The van der Waals surface area contributed by atoms with Gasteiger partial charge in [-0.2, -0.15) is 13.2 Å². The van der Waals surface area contributed by atoms with Gasteiger partial charge in [0.05, 0.1) is 11.3 Å². The predicted molar refractivity (Wildman–Crippen MR) is 114 cm³/mol. The van der Waals surface area contributed by atoms with E-state index in [4.69, 9.17) is 9.88 Å². The molecular weight excluding hydrogens is 449 g/mol. The van der Waals surface area contributed by atoms with E-state index in [0.29, 0.717) is 12.8 Å². The topological polar surface area (TPSA) is 110 Å². The van der Waals surface area contributed by atoms with Crippen LogP contribution in [0, 0.1) is 0 Å². The number of rotatable bonds is 11. The molecule has 0 radical (unpaired) electrons. The van der Waals surface area contributed by atoms with Crippen LogP contribution in [0.15, 0.2) is 47.4 Å². The van der Waals surface area contributed by atoms with Crippen molar-refractivity contribution >= 4 is 21.7 Å². The lowest BCUT2D eigenvalue weighted by atomic mass is 10.1. The number of aromatic carboxylic acids is 1. The number of ether oxygens (including phenoxy) is 1. The fraction of sp³-hybridized carbons (Fsp3) is 0.381. The lowest BCUT2D eigenvalue weighted by Gasteiger charge is -2.28. The van der Waals surface area contributed by atoms with E-state index in [1.54, 1.807) is 30.3 Å². The highest BCUT2D eigenvalue weighted by molar-refractivity contribution is 7.89. The van der Waals surface area contributed by atoms with Gasteiger partial charge in [0.2, 0.25) is 10.0 Å². The number of sulfonamides is 1. The van der Waals surface area contributed by atoms with Crippen LogP contribution in [-0.4, -0.2) is 38.8 Å². The average molecular weight is 475 g/mol. The first-order valence-corrected chi connectivity index (χ1v) is 11.5. The normalized spacial score (nSPS) is 11.9. The van der Waals surface area contributed by atoms with E-state index in [9.17, 15) is 31.5 Å². The molecule has 32 heavy (non-hydrogen) atoms. The lowest BCUT2D eigenvalue weighted by molar-refractivity contribution is -0.135. The molecule has 0 heterocycles. The van der Waals surface area contributed by atoms with Crippen LogP contribution < -0.4 is 14.8 Å². The lowest BCUT2D eigenvalue weighted by Crippen LogP contribution is -2.28. The highest BCUT2D eigenvalue weighted by Gasteiger charge is 2.29. The number of primary sulfonamides is 1. The Hall–Kier alpha value is -2.79. The van der Waals surface area contributed by atoms with Crippen LogP contribution in [-0.2, 0) is 10.0 Å². The molecule has 0 aliphatic carbocycles. The van der Waals surface area contributed by atoms with Crippen molar-refractivity contribution in [1.82, 2.24) is 0 Å². The Balaban J connectivity index is 2.64. The van der Waals surface area contributed by atoms with Crippen molar-refractivity contribution < 1.29 is 36.2 Å². The fourth-order valence-corrected chi connectivity index (χ4v) is 3.73. The summed E-state index contributed by atoms with van der Waals surface area (Å²) in [6, 6.07) is 10.2. The van der Waals surface area contributed by atoms with Gasteiger partial charge in [-0.25, -0.2) is 18.4 Å². The number of carbonyl (C=O) groups is 1. The van der Waals surface area contributed by atoms with E-state index >= 15 is 0 Å². The van der Waals surface area contributed by atoms with E-state index in [1.165, 1.54) is 11.0 Å². The molecule has 2 rings (SSSR count). The molecule has 3 N–H and O–H groups in total. The first-order valence-electron chi connectivity index (χ1n) is 9.91. The van der Waals surface area contributed by atoms with Gasteiger partial charge in [-0.15, -0.1) is 0 Å². The molecule has 0 saturated heterocycles. The third-order valence-corrected chi connectivity index (χ3v) is 5.48. The molecule has 0 saturated carbocycles. The van der Waals surface area contributed by atoms with Gasteiger partial charge < -0.3 is 14.7 Å². The number of halogens is 3. The molecule has 7 nitrogen and oxygen atoms in total. The van der Waals surface area contributed by atoms with Crippen LogP contribution >= 0.6 is 0 Å². The van der Waals surface area contributed by atoms with E-state index in [0.717, 1.165) is 6.07 Å². The largest absolute Gasteiger partial charge is 0.478 e. The molecular formula is C21H25F3N2O5S. The predicted octanol–water partition coefficient (Wildman–Crippen LogP) is 4.77. The van der Waals surface area contributed by atoms with Crippen LogP contribution in [0.4, 0.5) is 18.9 Å². The minimum absolute atomic E-state index is 0.0494. The van der Waals surface area contributed by atoms with Gasteiger partial charge in [-0.1, -0.05) is 31.5 Å². The van der Waals surface area contributed by atoms with Crippen molar-refractivity contribution in [2.24, 2.45) is 5.14 Å². The summed E-state index contributed by atoms with van der Waals surface area (Å²) in [4.78, 5) is 12.6. The second kappa shape index (κ2) is 10.7. The molecule has 11 heteroatoms. The minimum atomic E-state index is -4.42. The molecule has 0 aromatic heterocycles. The molecule has 0 aliphatic heterocycles. The minimum Gasteiger partial charge on any atom is -0.478 e. The summed E-state index contributed by atoms with van der Waals surface area (Å²) in [6.07, 6.45) is -4.36. The standard InChI is InChI=1S/C21H25F3N2O5S/c1-2-3-11-26(12-7-10-21(22,23)24)17-13-15(20(27)28)14-18(32(25,29)30)19(17)31-16-8-5-4-6-9-16/h4-6,8-9,13-14H,2-3,7,10-12H2,1H3,(H,27,28)(H2,25,29,30). The molecule has 0 atom stereocenters. The van der Waals surface area contributed by atoms with E-state index in [-0.39, 0.29) is 42.3 Å². The van der Waals surface area contributed by atoms with E-state index < -0.39 is 33.5 Å². The Morgan fingerprint density at radius 2 is 1.75 bits per heavy atom. The van der Waals surface area contributed by atoms with Crippen molar-refractivity contribution in [2.45, 2.75) is 43.7 Å². The Labute approximate surface area is 184 Å². The zero-order valence-corrected chi connectivity index (χ0v) is 18.2. The van der Waals surface area contributed by atoms with Crippen molar-refractivity contribution in [3.8, 4) is 11.5 Å². The van der Waals surface area contributed by atoms with Gasteiger partial charge in [0.15, 0.2) is 5.75 Å². The summed E-state index contributed by atoms with van der Waals surface area (Å²) in [7, 11) is -4.42. The SMILES string of the molecule is CCCCN(CCCC(F)(F)F)c1cc(C(=O)O)cc(S(N)(=O)=O)c1Oc1ccccc1. The Morgan fingerprint density at radius 1 is 1.12 bits per heavy atom. The average Bonchev–Trinajstić information content (AvgIpc) is 2.69. The van der Waals surface area contributed by atoms with Gasteiger partial charge >= 0.3 is 12.1 Å². The number of nitrogens with zero attached hydrogens (tertiary/aromatic N) is 1. The van der Waals surface area contributed by atoms with Crippen LogP contribution in [0.3, 0.4) is 0 Å².